The number of rotatable bonds is 4. The van der Waals surface area contributed by atoms with E-state index in [-0.39, 0.29) is 5.78 Å². The van der Waals surface area contributed by atoms with Crippen LogP contribution in [0.4, 0.5) is 0 Å². The van der Waals surface area contributed by atoms with E-state index in [9.17, 15) is 4.79 Å². The van der Waals surface area contributed by atoms with Gasteiger partial charge in [0.15, 0.2) is 5.01 Å². The molecule has 0 amide bonds. The number of hydrogen-bond acceptors (Lipinski definition) is 4. The molecule has 0 atom stereocenters. The SMILES string of the molecule is CC(C)NCC(=O)c1nccs1. The Kier molecular flexibility index (Phi) is 3.37. The van der Waals surface area contributed by atoms with Crippen molar-refractivity contribution in [3.05, 3.63) is 16.6 Å². The van der Waals surface area contributed by atoms with Crippen LogP contribution in [0.25, 0.3) is 0 Å². The van der Waals surface area contributed by atoms with Crippen molar-refractivity contribution in [1.29, 1.82) is 0 Å². The highest BCUT2D eigenvalue weighted by atomic mass is 32.1. The molecule has 0 spiro atoms. The molecule has 1 rings (SSSR count). The molecule has 3 nitrogen and oxygen atoms in total. The molecule has 1 aromatic rings. The Morgan fingerprint density at radius 3 is 3.00 bits per heavy atom. The molecule has 0 aliphatic heterocycles. The zero-order valence-electron chi connectivity index (χ0n) is 7.20. The maximum atomic E-state index is 11.3. The van der Waals surface area contributed by atoms with E-state index in [2.05, 4.69) is 10.3 Å². The van der Waals surface area contributed by atoms with Gasteiger partial charge in [0.1, 0.15) is 0 Å². The lowest BCUT2D eigenvalue weighted by Gasteiger charge is -2.04. The maximum Gasteiger partial charge on any atom is 0.205 e. The molecule has 0 saturated heterocycles. The Morgan fingerprint density at radius 2 is 2.50 bits per heavy atom. The van der Waals surface area contributed by atoms with Gasteiger partial charge < -0.3 is 5.32 Å². The van der Waals surface area contributed by atoms with Crippen molar-refractivity contribution >= 4 is 17.1 Å². The first-order valence-electron chi connectivity index (χ1n) is 3.86. The van der Waals surface area contributed by atoms with Crippen LogP contribution in [0, 0.1) is 0 Å². The monoisotopic (exact) mass is 184 g/mol. The van der Waals surface area contributed by atoms with Crippen LogP contribution in [0.2, 0.25) is 0 Å². The van der Waals surface area contributed by atoms with Gasteiger partial charge in [-0.2, -0.15) is 0 Å². The summed E-state index contributed by atoms with van der Waals surface area (Å²) in [6, 6.07) is 0.342. The fraction of sp³-hybridized carbons (Fsp3) is 0.500. The number of Topliss-reactive ketones (excluding diaryl/α,β-unsaturated/α-hetero) is 1. The standard InChI is InChI=1S/C8H12N2OS/c1-6(2)10-5-7(11)8-9-3-4-12-8/h3-4,6,10H,5H2,1-2H3. The van der Waals surface area contributed by atoms with Gasteiger partial charge in [0.05, 0.1) is 6.54 Å². The third-order valence-electron chi connectivity index (χ3n) is 1.34. The minimum Gasteiger partial charge on any atom is -0.307 e. The maximum absolute atomic E-state index is 11.3. The smallest absolute Gasteiger partial charge is 0.205 e. The molecule has 1 N–H and O–H groups in total. The molecule has 1 aromatic heterocycles. The van der Waals surface area contributed by atoms with Gasteiger partial charge in [0.2, 0.25) is 5.78 Å². The molecule has 12 heavy (non-hydrogen) atoms. The highest BCUT2D eigenvalue weighted by molar-refractivity contribution is 7.11. The van der Waals surface area contributed by atoms with Gasteiger partial charge in [0, 0.05) is 17.6 Å². The minimum absolute atomic E-state index is 0.0682. The van der Waals surface area contributed by atoms with E-state index >= 15 is 0 Å². The largest absolute Gasteiger partial charge is 0.307 e. The fourth-order valence-corrected chi connectivity index (χ4v) is 1.31. The first-order chi connectivity index (χ1) is 5.70. The van der Waals surface area contributed by atoms with Crippen LogP contribution in [-0.4, -0.2) is 23.4 Å². The number of hydrogen-bond donors (Lipinski definition) is 1. The van der Waals surface area contributed by atoms with Crippen molar-refractivity contribution in [1.82, 2.24) is 10.3 Å². The molecular weight excluding hydrogens is 172 g/mol. The summed E-state index contributed by atoms with van der Waals surface area (Å²) >= 11 is 1.38. The van der Waals surface area contributed by atoms with Gasteiger partial charge in [-0.1, -0.05) is 13.8 Å². The van der Waals surface area contributed by atoms with Crippen LogP contribution in [-0.2, 0) is 0 Å². The van der Waals surface area contributed by atoms with Crippen molar-refractivity contribution in [2.45, 2.75) is 19.9 Å². The average molecular weight is 184 g/mol. The zero-order valence-corrected chi connectivity index (χ0v) is 8.02. The second-order valence-corrected chi connectivity index (χ2v) is 3.69. The average Bonchev–Trinajstić information content (AvgIpc) is 2.51. The van der Waals surface area contributed by atoms with E-state index < -0.39 is 0 Å². The second kappa shape index (κ2) is 4.33. The fourth-order valence-electron chi connectivity index (χ4n) is 0.734. The molecule has 1 heterocycles. The van der Waals surface area contributed by atoms with Crippen molar-refractivity contribution < 1.29 is 4.79 Å². The second-order valence-electron chi connectivity index (χ2n) is 2.80. The highest BCUT2D eigenvalue weighted by Gasteiger charge is 2.07. The molecule has 0 unspecified atom stereocenters. The summed E-state index contributed by atoms with van der Waals surface area (Å²) < 4.78 is 0. The van der Waals surface area contributed by atoms with Crippen molar-refractivity contribution in [3.63, 3.8) is 0 Å². The molecule has 0 saturated carbocycles. The normalized spacial score (nSPS) is 10.6. The molecule has 0 fully saturated rings. The van der Waals surface area contributed by atoms with Gasteiger partial charge in [0.25, 0.3) is 0 Å². The lowest BCUT2D eigenvalue weighted by Crippen LogP contribution is -2.29. The summed E-state index contributed by atoms with van der Waals surface area (Å²) in [7, 11) is 0. The molecule has 0 aliphatic carbocycles. The number of carbonyl (C=O) groups excluding carboxylic acids is 1. The first-order valence-corrected chi connectivity index (χ1v) is 4.74. The van der Waals surface area contributed by atoms with E-state index in [4.69, 9.17) is 0 Å². The Bertz CT molecular complexity index is 244. The molecule has 0 radical (unpaired) electrons. The summed E-state index contributed by atoms with van der Waals surface area (Å²) in [5.41, 5.74) is 0. The summed E-state index contributed by atoms with van der Waals surface area (Å²) in [6.07, 6.45) is 1.65. The van der Waals surface area contributed by atoms with Gasteiger partial charge >= 0.3 is 0 Å². The number of ketones is 1. The molecule has 0 bridgehead atoms. The van der Waals surface area contributed by atoms with Crippen LogP contribution < -0.4 is 5.32 Å². The number of nitrogens with zero attached hydrogens (tertiary/aromatic N) is 1. The van der Waals surface area contributed by atoms with Crippen LogP contribution in [0.5, 0.6) is 0 Å². The van der Waals surface area contributed by atoms with Gasteiger partial charge in [-0.25, -0.2) is 4.98 Å². The third kappa shape index (κ3) is 2.71. The third-order valence-corrected chi connectivity index (χ3v) is 2.16. The van der Waals surface area contributed by atoms with Crippen LogP contribution in [0.1, 0.15) is 23.6 Å². The Labute approximate surface area is 75.8 Å². The number of thiazole rings is 1. The summed E-state index contributed by atoms with van der Waals surface area (Å²) in [4.78, 5) is 15.2. The van der Waals surface area contributed by atoms with Crippen molar-refractivity contribution in [3.8, 4) is 0 Å². The lowest BCUT2D eigenvalue weighted by atomic mass is 10.3. The first kappa shape index (κ1) is 9.35. The van der Waals surface area contributed by atoms with Crippen LogP contribution in [0.3, 0.4) is 0 Å². The predicted molar refractivity (Wildman–Crippen MR) is 49.6 cm³/mol. The topological polar surface area (TPSA) is 42.0 Å². The predicted octanol–water partition coefficient (Wildman–Crippen LogP) is 1.32. The molecular formula is C8H12N2OS. The summed E-state index contributed by atoms with van der Waals surface area (Å²) in [5.74, 6) is 0.0682. The van der Waals surface area contributed by atoms with Gasteiger partial charge in [-0.05, 0) is 0 Å². The van der Waals surface area contributed by atoms with Gasteiger partial charge in [-0.3, -0.25) is 4.79 Å². The number of aromatic nitrogens is 1. The van der Waals surface area contributed by atoms with Crippen LogP contribution in [0.15, 0.2) is 11.6 Å². The Hall–Kier alpha value is -0.740. The van der Waals surface area contributed by atoms with E-state index in [1.807, 2.05) is 19.2 Å². The summed E-state index contributed by atoms with van der Waals surface area (Å²) in [6.45, 7) is 4.40. The highest BCUT2D eigenvalue weighted by Crippen LogP contribution is 2.03. The molecule has 0 aromatic carbocycles. The van der Waals surface area contributed by atoms with Crippen molar-refractivity contribution in [2.24, 2.45) is 0 Å². The van der Waals surface area contributed by atoms with E-state index in [0.29, 0.717) is 17.6 Å². The van der Waals surface area contributed by atoms with E-state index in [1.54, 1.807) is 6.20 Å². The van der Waals surface area contributed by atoms with Gasteiger partial charge in [-0.15, -0.1) is 11.3 Å². The molecule has 4 heteroatoms. The molecule has 66 valence electrons. The quantitative estimate of drug-likeness (QED) is 0.718. The zero-order chi connectivity index (χ0) is 8.97. The van der Waals surface area contributed by atoms with E-state index in [1.165, 1.54) is 11.3 Å². The Morgan fingerprint density at radius 1 is 1.75 bits per heavy atom. The minimum atomic E-state index is 0.0682. The molecule has 0 aliphatic rings. The number of carbonyl (C=O) groups is 1. The number of nitrogens with one attached hydrogen (secondary N) is 1. The van der Waals surface area contributed by atoms with Crippen molar-refractivity contribution in [2.75, 3.05) is 6.54 Å². The lowest BCUT2D eigenvalue weighted by molar-refractivity contribution is 0.0988. The van der Waals surface area contributed by atoms with E-state index in [0.717, 1.165) is 0 Å². The Balaban J connectivity index is 2.40. The summed E-state index contributed by atoms with van der Waals surface area (Å²) in [5, 5.41) is 5.45. The van der Waals surface area contributed by atoms with Crippen LogP contribution >= 0.6 is 11.3 Å².